The minimum Gasteiger partial charge on any atom is -0.345 e. The summed E-state index contributed by atoms with van der Waals surface area (Å²) >= 11 is 0. The molecule has 0 saturated carbocycles. The van der Waals surface area contributed by atoms with E-state index in [9.17, 15) is 13.2 Å². The number of aromatic nitrogens is 1. The first-order chi connectivity index (χ1) is 12.9. The van der Waals surface area contributed by atoms with E-state index in [-0.39, 0.29) is 10.8 Å². The lowest BCUT2D eigenvalue weighted by Crippen LogP contribution is -2.35. The molecule has 0 aliphatic carbocycles. The van der Waals surface area contributed by atoms with Crippen LogP contribution >= 0.6 is 0 Å². The monoisotopic (exact) mass is 387 g/mol. The normalized spacial score (nSPS) is 15.4. The van der Waals surface area contributed by atoms with E-state index in [4.69, 9.17) is 0 Å². The molecule has 1 aromatic heterocycles. The van der Waals surface area contributed by atoms with Crippen molar-refractivity contribution in [2.24, 2.45) is 7.05 Å². The van der Waals surface area contributed by atoms with Crippen molar-refractivity contribution in [3.8, 4) is 0 Å². The zero-order valence-corrected chi connectivity index (χ0v) is 16.4. The highest BCUT2D eigenvalue weighted by Crippen LogP contribution is 2.24. The summed E-state index contributed by atoms with van der Waals surface area (Å²) in [6.45, 7) is 5.13. The van der Waals surface area contributed by atoms with Gasteiger partial charge in [-0.25, -0.2) is 8.42 Å². The van der Waals surface area contributed by atoms with E-state index in [1.54, 1.807) is 22.6 Å². The van der Waals surface area contributed by atoms with Crippen LogP contribution in [0.3, 0.4) is 0 Å². The molecule has 27 heavy (non-hydrogen) atoms. The minimum absolute atomic E-state index is 0.168. The summed E-state index contributed by atoms with van der Waals surface area (Å²) in [5.74, 6) is -0.260. The van der Waals surface area contributed by atoms with Crippen LogP contribution in [0.2, 0.25) is 0 Å². The van der Waals surface area contributed by atoms with Gasteiger partial charge in [-0.2, -0.15) is 4.31 Å². The van der Waals surface area contributed by atoms with E-state index < -0.39 is 10.0 Å². The Hall–Kier alpha value is -2.38. The molecule has 1 fully saturated rings. The summed E-state index contributed by atoms with van der Waals surface area (Å²) in [5, 5.41) is 0. The van der Waals surface area contributed by atoms with Crippen molar-refractivity contribution in [2.75, 3.05) is 24.5 Å². The molecule has 0 N–H and O–H groups in total. The van der Waals surface area contributed by atoms with Gasteiger partial charge in [-0.05, 0) is 31.0 Å². The largest absolute Gasteiger partial charge is 0.345 e. The van der Waals surface area contributed by atoms with Crippen molar-refractivity contribution in [3.63, 3.8) is 0 Å². The fourth-order valence-corrected chi connectivity index (χ4v) is 4.91. The number of aryl methyl sites for hydroxylation is 1. The van der Waals surface area contributed by atoms with Crippen molar-refractivity contribution < 1.29 is 13.2 Å². The van der Waals surface area contributed by atoms with Gasteiger partial charge in [-0.1, -0.05) is 30.7 Å². The van der Waals surface area contributed by atoms with Gasteiger partial charge in [0.05, 0.1) is 0 Å². The zero-order valence-electron chi connectivity index (χ0n) is 15.5. The molecule has 0 bridgehead atoms. The topological polar surface area (TPSA) is 62.6 Å². The lowest BCUT2D eigenvalue weighted by atomic mass is 10.2. The fourth-order valence-electron chi connectivity index (χ4n) is 3.32. The van der Waals surface area contributed by atoms with Gasteiger partial charge in [0.1, 0.15) is 10.6 Å². The molecule has 7 heteroatoms. The van der Waals surface area contributed by atoms with Crippen molar-refractivity contribution in [1.82, 2.24) is 8.87 Å². The summed E-state index contributed by atoms with van der Waals surface area (Å²) in [6.07, 6.45) is 5.98. The zero-order chi connectivity index (χ0) is 19.4. The van der Waals surface area contributed by atoms with E-state index in [1.165, 1.54) is 16.6 Å². The second-order valence-electron chi connectivity index (χ2n) is 6.68. The van der Waals surface area contributed by atoms with Gasteiger partial charge in [0.15, 0.2) is 0 Å². The number of hydrogen-bond acceptors (Lipinski definition) is 3. The number of rotatable bonds is 6. The van der Waals surface area contributed by atoms with Gasteiger partial charge >= 0.3 is 0 Å². The summed E-state index contributed by atoms with van der Waals surface area (Å²) in [7, 11) is -1.88. The first-order valence-electron chi connectivity index (χ1n) is 9.09. The number of amides is 1. The van der Waals surface area contributed by atoms with Crippen molar-refractivity contribution in [1.29, 1.82) is 0 Å². The van der Waals surface area contributed by atoms with E-state index >= 15 is 0 Å². The van der Waals surface area contributed by atoms with E-state index in [2.05, 4.69) is 6.58 Å². The van der Waals surface area contributed by atoms with Crippen LogP contribution in [0.25, 0.3) is 0 Å². The van der Waals surface area contributed by atoms with Crippen LogP contribution in [0.5, 0.6) is 0 Å². The highest BCUT2D eigenvalue weighted by molar-refractivity contribution is 7.89. The first-order valence-corrected chi connectivity index (χ1v) is 10.5. The molecule has 2 aromatic rings. The van der Waals surface area contributed by atoms with Crippen molar-refractivity contribution >= 4 is 21.6 Å². The van der Waals surface area contributed by atoms with Crippen molar-refractivity contribution in [3.05, 3.63) is 60.9 Å². The summed E-state index contributed by atoms with van der Waals surface area (Å²) in [5.41, 5.74) is 1.07. The Morgan fingerprint density at radius 1 is 1.19 bits per heavy atom. The maximum atomic E-state index is 13.1. The first kappa shape index (κ1) is 19.4. The number of carbonyl (C=O) groups excluding carboxylic acids is 1. The Bertz CT molecular complexity index is 913. The van der Waals surface area contributed by atoms with Crippen LogP contribution in [0, 0.1) is 0 Å². The molecule has 0 atom stereocenters. The summed E-state index contributed by atoms with van der Waals surface area (Å²) in [4.78, 5) is 14.9. The van der Waals surface area contributed by atoms with Gasteiger partial charge < -0.3 is 9.47 Å². The maximum Gasteiger partial charge on any atom is 0.275 e. The van der Waals surface area contributed by atoms with E-state index in [0.29, 0.717) is 25.3 Å². The van der Waals surface area contributed by atoms with Gasteiger partial charge in [0.2, 0.25) is 10.0 Å². The molecule has 1 aliphatic rings. The number of benzene rings is 1. The number of carbonyl (C=O) groups is 1. The van der Waals surface area contributed by atoms with Crippen LogP contribution in [0.4, 0.5) is 5.69 Å². The molecule has 3 rings (SSSR count). The number of sulfonamides is 1. The number of anilines is 1. The molecule has 6 nitrogen and oxygen atoms in total. The molecule has 1 aliphatic heterocycles. The average Bonchev–Trinajstić information content (AvgIpc) is 3.09. The average molecular weight is 388 g/mol. The lowest BCUT2D eigenvalue weighted by molar-refractivity contribution is 0.0982. The Morgan fingerprint density at radius 2 is 1.85 bits per heavy atom. The molecule has 0 unspecified atom stereocenters. The molecule has 1 saturated heterocycles. The molecule has 0 radical (unpaired) electrons. The molecule has 144 valence electrons. The highest BCUT2D eigenvalue weighted by Gasteiger charge is 2.29. The van der Waals surface area contributed by atoms with Gasteiger partial charge in [-0.15, -0.1) is 6.58 Å². The Morgan fingerprint density at radius 3 is 2.48 bits per heavy atom. The van der Waals surface area contributed by atoms with Crippen LogP contribution in [-0.2, 0) is 17.1 Å². The second kappa shape index (κ2) is 8.10. The third-order valence-corrected chi connectivity index (χ3v) is 6.64. The molecular weight excluding hydrogens is 362 g/mol. The highest BCUT2D eigenvalue weighted by atomic mass is 32.2. The Kier molecular flexibility index (Phi) is 5.82. The van der Waals surface area contributed by atoms with Gasteiger partial charge in [-0.3, -0.25) is 4.79 Å². The van der Waals surface area contributed by atoms with Crippen molar-refractivity contribution in [2.45, 2.75) is 24.2 Å². The van der Waals surface area contributed by atoms with Crippen LogP contribution in [-0.4, -0.2) is 42.8 Å². The third kappa shape index (κ3) is 3.99. The maximum absolute atomic E-state index is 13.1. The number of piperidine rings is 1. The fraction of sp³-hybridized carbons (Fsp3) is 0.350. The molecule has 0 spiro atoms. The second-order valence-corrected chi connectivity index (χ2v) is 8.61. The van der Waals surface area contributed by atoms with Crippen LogP contribution in [0.1, 0.15) is 29.8 Å². The quantitative estimate of drug-likeness (QED) is 0.716. The number of nitrogens with zero attached hydrogens (tertiary/aromatic N) is 3. The molecule has 1 aromatic carbocycles. The predicted octanol–water partition coefficient (Wildman–Crippen LogP) is 3.03. The van der Waals surface area contributed by atoms with Gasteiger partial charge in [0, 0.05) is 38.6 Å². The van der Waals surface area contributed by atoms with Crippen LogP contribution in [0.15, 0.2) is 60.1 Å². The molecule has 2 heterocycles. The van der Waals surface area contributed by atoms with E-state index in [1.807, 2.05) is 30.3 Å². The smallest absolute Gasteiger partial charge is 0.275 e. The number of hydrogen-bond donors (Lipinski definition) is 0. The lowest BCUT2D eigenvalue weighted by Gasteiger charge is -2.25. The predicted molar refractivity (Wildman–Crippen MR) is 106 cm³/mol. The SMILES string of the molecule is C=CCN(C(=O)c1cc(S(=O)(=O)N2CCCCC2)cn1C)c1ccccc1. The summed E-state index contributed by atoms with van der Waals surface area (Å²) < 4.78 is 28.9. The standard InChI is InChI=1S/C20H25N3O3S/c1-3-12-23(17-10-6-4-7-11-17)20(24)19-15-18(16-21(19)2)27(25,26)22-13-8-5-9-14-22/h3-4,6-7,10-11,15-16H,1,5,8-9,12-14H2,2H3. The third-order valence-electron chi connectivity index (χ3n) is 4.78. The minimum atomic E-state index is -3.58. The Labute approximate surface area is 160 Å². The summed E-state index contributed by atoms with van der Waals surface area (Å²) in [6, 6.07) is 10.8. The number of para-hydroxylation sites is 1. The van der Waals surface area contributed by atoms with E-state index in [0.717, 1.165) is 24.9 Å². The van der Waals surface area contributed by atoms with Crippen LogP contribution < -0.4 is 4.90 Å². The molecular formula is C20H25N3O3S. The Balaban J connectivity index is 1.93. The molecule has 1 amide bonds. The van der Waals surface area contributed by atoms with Gasteiger partial charge in [0.25, 0.3) is 5.91 Å².